The Kier molecular flexibility index (Phi) is 5.65. The third-order valence-electron chi connectivity index (χ3n) is 4.96. The zero-order valence-corrected chi connectivity index (χ0v) is 15.2. The van der Waals surface area contributed by atoms with E-state index in [0.717, 1.165) is 25.9 Å². The highest BCUT2D eigenvalue weighted by atomic mass is 32.2. The number of rotatable bonds is 5. The van der Waals surface area contributed by atoms with Crippen molar-refractivity contribution in [3.8, 4) is 0 Å². The first-order valence-corrected chi connectivity index (χ1v) is 9.81. The molecule has 0 N–H and O–H groups in total. The van der Waals surface area contributed by atoms with Gasteiger partial charge in [0.05, 0.1) is 5.75 Å². The summed E-state index contributed by atoms with van der Waals surface area (Å²) in [6.45, 7) is 1.91. The van der Waals surface area contributed by atoms with E-state index in [-0.39, 0.29) is 0 Å². The van der Waals surface area contributed by atoms with Crippen LogP contribution in [0.4, 0.5) is 0 Å². The summed E-state index contributed by atoms with van der Waals surface area (Å²) in [4.78, 5) is 18.3. The number of amides is 1. The third kappa shape index (κ3) is 4.30. The van der Waals surface area contributed by atoms with Crippen LogP contribution in [0.15, 0.2) is 23.1 Å². The molecule has 1 aliphatic carbocycles. The molecular weight excluding hydrogens is 304 g/mol. The van der Waals surface area contributed by atoms with Crippen molar-refractivity contribution in [3.05, 3.63) is 29.3 Å². The number of carbonyl (C=O) groups is 1. The van der Waals surface area contributed by atoms with E-state index in [0.29, 0.717) is 17.7 Å². The van der Waals surface area contributed by atoms with Gasteiger partial charge in [0, 0.05) is 24.0 Å². The molecule has 126 valence electrons. The number of fused-ring (bicyclic) bond motifs is 1. The van der Waals surface area contributed by atoms with Gasteiger partial charge in [-0.15, -0.1) is 11.8 Å². The van der Waals surface area contributed by atoms with Gasteiger partial charge in [-0.3, -0.25) is 4.79 Å². The van der Waals surface area contributed by atoms with Gasteiger partial charge in [-0.2, -0.15) is 0 Å². The topological polar surface area (TPSA) is 23.6 Å². The molecule has 0 spiro atoms. The molecule has 1 saturated heterocycles. The van der Waals surface area contributed by atoms with Crippen molar-refractivity contribution in [3.63, 3.8) is 0 Å². The normalized spacial score (nSPS) is 20.8. The summed E-state index contributed by atoms with van der Waals surface area (Å²) in [6.07, 6.45) is 7.25. The minimum atomic E-state index is 0.307. The van der Waals surface area contributed by atoms with Gasteiger partial charge in [0.1, 0.15) is 0 Å². The molecule has 1 aliphatic heterocycles. The molecule has 0 bridgehead atoms. The second kappa shape index (κ2) is 7.71. The van der Waals surface area contributed by atoms with Crippen molar-refractivity contribution < 1.29 is 4.79 Å². The van der Waals surface area contributed by atoms with Crippen molar-refractivity contribution in [2.24, 2.45) is 0 Å². The molecule has 3 nitrogen and oxygen atoms in total. The van der Waals surface area contributed by atoms with Gasteiger partial charge in [0.2, 0.25) is 5.91 Å². The highest BCUT2D eigenvalue weighted by Crippen LogP contribution is 2.28. The molecule has 0 unspecified atom stereocenters. The lowest BCUT2D eigenvalue weighted by Gasteiger charge is -2.37. The van der Waals surface area contributed by atoms with Crippen molar-refractivity contribution in [1.29, 1.82) is 0 Å². The first-order chi connectivity index (χ1) is 11.1. The Balaban J connectivity index is 1.57. The van der Waals surface area contributed by atoms with E-state index in [1.165, 1.54) is 41.7 Å². The number of likely N-dealkylation sites (N-methyl/N-ethyl adjacent to an activating group) is 1. The average Bonchev–Trinajstić information content (AvgIpc) is 3.00. The zero-order valence-electron chi connectivity index (χ0n) is 14.4. The molecule has 1 atom stereocenters. The monoisotopic (exact) mass is 332 g/mol. The van der Waals surface area contributed by atoms with Crippen molar-refractivity contribution in [2.75, 3.05) is 32.9 Å². The first kappa shape index (κ1) is 16.8. The van der Waals surface area contributed by atoms with E-state index in [9.17, 15) is 4.79 Å². The predicted molar refractivity (Wildman–Crippen MR) is 97.1 cm³/mol. The van der Waals surface area contributed by atoms with Crippen LogP contribution in [0.25, 0.3) is 0 Å². The first-order valence-electron chi connectivity index (χ1n) is 8.82. The van der Waals surface area contributed by atoms with Gasteiger partial charge in [0.25, 0.3) is 0 Å². The van der Waals surface area contributed by atoms with E-state index in [2.05, 4.69) is 42.1 Å². The van der Waals surface area contributed by atoms with Gasteiger partial charge < -0.3 is 9.80 Å². The van der Waals surface area contributed by atoms with Crippen molar-refractivity contribution >= 4 is 17.7 Å². The molecular formula is C19H28N2OS. The molecule has 2 aliphatic rings. The molecule has 1 aromatic carbocycles. The van der Waals surface area contributed by atoms with Crippen LogP contribution in [0.2, 0.25) is 0 Å². The van der Waals surface area contributed by atoms with Gasteiger partial charge in [-0.25, -0.2) is 0 Å². The lowest BCUT2D eigenvalue weighted by Crippen LogP contribution is -2.48. The Morgan fingerprint density at radius 2 is 2.04 bits per heavy atom. The minimum Gasteiger partial charge on any atom is -0.338 e. The van der Waals surface area contributed by atoms with Crippen molar-refractivity contribution in [2.45, 2.75) is 49.5 Å². The number of aryl methyl sites for hydroxylation is 2. The SMILES string of the molecule is CN(C)C[C@@H]1CCCCN1C(=O)CSc1ccc2c(c1)CCC2. The maximum absolute atomic E-state index is 12.7. The standard InChI is InChI=1S/C19H28N2OS/c1-20(2)13-17-8-3-4-11-21(17)19(22)14-23-18-10-9-15-6-5-7-16(15)12-18/h9-10,12,17H,3-8,11,13-14H2,1-2H3/t17-/m0/s1. The van der Waals surface area contributed by atoms with E-state index in [1.807, 2.05) is 0 Å². The number of carbonyl (C=O) groups excluding carboxylic acids is 1. The van der Waals surface area contributed by atoms with E-state index in [1.54, 1.807) is 11.8 Å². The summed E-state index contributed by atoms with van der Waals surface area (Å²) < 4.78 is 0. The maximum atomic E-state index is 12.7. The van der Waals surface area contributed by atoms with Crippen LogP contribution in [-0.4, -0.2) is 54.7 Å². The molecule has 1 fully saturated rings. The summed E-state index contributed by atoms with van der Waals surface area (Å²) in [5.74, 6) is 0.880. The average molecular weight is 333 g/mol. The highest BCUT2D eigenvalue weighted by Gasteiger charge is 2.26. The van der Waals surface area contributed by atoms with E-state index in [4.69, 9.17) is 0 Å². The Morgan fingerprint density at radius 1 is 1.22 bits per heavy atom. The number of nitrogens with zero attached hydrogens (tertiary/aromatic N) is 2. The molecule has 0 radical (unpaired) electrons. The Bertz CT molecular complexity index is 558. The van der Waals surface area contributed by atoms with Crippen LogP contribution < -0.4 is 0 Å². The smallest absolute Gasteiger partial charge is 0.233 e. The minimum absolute atomic E-state index is 0.307. The fourth-order valence-electron chi connectivity index (χ4n) is 3.81. The number of benzene rings is 1. The summed E-state index contributed by atoms with van der Waals surface area (Å²) in [6, 6.07) is 7.14. The Hall–Kier alpha value is -1.00. The lowest BCUT2D eigenvalue weighted by molar-refractivity contribution is -0.132. The number of piperidine rings is 1. The number of thioether (sulfide) groups is 1. The third-order valence-corrected chi connectivity index (χ3v) is 5.93. The molecule has 1 heterocycles. The summed E-state index contributed by atoms with van der Waals surface area (Å²) >= 11 is 1.70. The second-order valence-electron chi connectivity index (χ2n) is 7.07. The molecule has 4 heteroatoms. The molecule has 1 amide bonds. The van der Waals surface area contributed by atoms with Crippen LogP contribution in [0.1, 0.15) is 36.8 Å². The Morgan fingerprint density at radius 3 is 2.87 bits per heavy atom. The zero-order chi connectivity index (χ0) is 16.2. The Labute approximate surface area is 144 Å². The molecule has 23 heavy (non-hydrogen) atoms. The van der Waals surface area contributed by atoms with Gasteiger partial charge in [-0.05, 0) is 75.9 Å². The van der Waals surface area contributed by atoms with Crippen LogP contribution in [-0.2, 0) is 17.6 Å². The second-order valence-corrected chi connectivity index (χ2v) is 8.12. The van der Waals surface area contributed by atoms with Gasteiger partial charge >= 0.3 is 0 Å². The number of hydrogen-bond acceptors (Lipinski definition) is 3. The fraction of sp³-hybridized carbons (Fsp3) is 0.632. The highest BCUT2D eigenvalue weighted by molar-refractivity contribution is 8.00. The molecule has 0 saturated carbocycles. The van der Waals surface area contributed by atoms with Crippen molar-refractivity contribution in [1.82, 2.24) is 9.80 Å². The van der Waals surface area contributed by atoms with Gasteiger partial charge in [0.15, 0.2) is 0 Å². The lowest BCUT2D eigenvalue weighted by atomic mass is 10.0. The quantitative estimate of drug-likeness (QED) is 0.774. The number of hydrogen-bond donors (Lipinski definition) is 0. The molecule has 3 rings (SSSR count). The maximum Gasteiger partial charge on any atom is 0.233 e. The predicted octanol–water partition coefficient (Wildman–Crippen LogP) is 3.21. The summed E-state index contributed by atoms with van der Waals surface area (Å²) in [7, 11) is 4.19. The van der Waals surface area contributed by atoms with Crippen LogP contribution in [0.3, 0.4) is 0 Å². The molecule has 1 aromatic rings. The van der Waals surface area contributed by atoms with Gasteiger partial charge in [-0.1, -0.05) is 6.07 Å². The number of likely N-dealkylation sites (tertiary alicyclic amines) is 1. The largest absolute Gasteiger partial charge is 0.338 e. The van der Waals surface area contributed by atoms with Crippen LogP contribution in [0.5, 0.6) is 0 Å². The summed E-state index contributed by atoms with van der Waals surface area (Å²) in [5.41, 5.74) is 2.99. The van der Waals surface area contributed by atoms with E-state index < -0.39 is 0 Å². The van der Waals surface area contributed by atoms with Crippen LogP contribution >= 0.6 is 11.8 Å². The van der Waals surface area contributed by atoms with E-state index >= 15 is 0 Å². The fourth-order valence-corrected chi connectivity index (χ4v) is 4.65. The molecule has 0 aromatic heterocycles. The van der Waals surface area contributed by atoms with Crippen LogP contribution in [0, 0.1) is 0 Å². The summed E-state index contributed by atoms with van der Waals surface area (Å²) in [5, 5.41) is 0.